The lowest BCUT2D eigenvalue weighted by Gasteiger charge is -2.06. The lowest BCUT2D eigenvalue weighted by Crippen LogP contribution is -1.99. The molecule has 0 aliphatic carbocycles. The number of methoxy groups -OCH3 is 2. The summed E-state index contributed by atoms with van der Waals surface area (Å²) in [6.07, 6.45) is 0. The Kier molecular flexibility index (Phi) is 3.58. The lowest BCUT2D eigenvalue weighted by molar-refractivity contribution is 0.356. The number of H-pyrrole nitrogens is 1. The summed E-state index contributed by atoms with van der Waals surface area (Å²) in [6.45, 7) is 0. The Morgan fingerprint density at radius 1 is 1.00 bits per heavy atom. The van der Waals surface area contributed by atoms with Crippen molar-refractivity contribution in [1.29, 1.82) is 0 Å². The van der Waals surface area contributed by atoms with Gasteiger partial charge < -0.3 is 18.9 Å². The standard InChI is InChI=1S/C17H11Br2NO4/c1-22-12-5-8-11(6-13(12)23-2)20-15-9-3-7(18)4-10(19)16(9)24-17(21)14(8)15/h3-6,20H,1-2H3. The number of aromatic nitrogens is 1. The van der Waals surface area contributed by atoms with Crippen molar-refractivity contribution in [3.63, 3.8) is 0 Å². The lowest BCUT2D eigenvalue weighted by atomic mass is 10.1. The Hall–Kier alpha value is -1.99. The summed E-state index contributed by atoms with van der Waals surface area (Å²) in [5.74, 6) is 1.15. The zero-order valence-corrected chi connectivity index (χ0v) is 15.9. The summed E-state index contributed by atoms with van der Waals surface area (Å²) in [5, 5.41) is 2.03. The second-order valence-corrected chi connectivity index (χ2v) is 7.05. The largest absolute Gasteiger partial charge is 0.493 e. The molecule has 2 aromatic carbocycles. The third kappa shape index (κ3) is 2.15. The Morgan fingerprint density at radius 2 is 1.71 bits per heavy atom. The highest BCUT2D eigenvalue weighted by Crippen LogP contribution is 2.38. The molecule has 0 spiro atoms. The summed E-state index contributed by atoms with van der Waals surface area (Å²) in [6, 6.07) is 7.34. The van der Waals surface area contributed by atoms with Crippen LogP contribution >= 0.6 is 31.9 Å². The van der Waals surface area contributed by atoms with Crippen LogP contribution < -0.4 is 15.1 Å². The first-order valence-corrected chi connectivity index (χ1v) is 8.61. The van der Waals surface area contributed by atoms with Crippen molar-refractivity contribution in [1.82, 2.24) is 4.98 Å². The maximum atomic E-state index is 12.6. The molecular weight excluding hydrogens is 442 g/mol. The fourth-order valence-corrected chi connectivity index (χ4v) is 4.23. The maximum Gasteiger partial charge on any atom is 0.346 e. The van der Waals surface area contributed by atoms with Gasteiger partial charge in [-0.25, -0.2) is 4.79 Å². The first-order chi connectivity index (χ1) is 11.5. The van der Waals surface area contributed by atoms with Crippen LogP contribution in [0, 0.1) is 0 Å². The fourth-order valence-electron chi connectivity index (χ4n) is 2.93. The van der Waals surface area contributed by atoms with Crippen LogP contribution in [0.5, 0.6) is 11.5 Å². The van der Waals surface area contributed by atoms with Crippen molar-refractivity contribution < 1.29 is 13.9 Å². The number of hydrogen-bond donors (Lipinski definition) is 1. The molecule has 7 heteroatoms. The average molecular weight is 453 g/mol. The predicted octanol–water partition coefficient (Wildman–Crippen LogP) is 4.97. The molecule has 24 heavy (non-hydrogen) atoms. The molecule has 4 rings (SSSR count). The van der Waals surface area contributed by atoms with Crippen LogP contribution in [-0.2, 0) is 0 Å². The molecule has 0 amide bonds. The molecule has 0 bridgehead atoms. The second-order valence-electron chi connectivity index (χ2n) is 5.28. The summed E-state index contributed by atoms with van der Waals surface area (Å²) in [4.78, 5) is 15.9. The van der Waals surface area contributed by atoms with Gasteiger partial charge in [0.2, 0.25) is 0 Å². The Labute approximate surface area is 152 Å². The molecule has 4 aromatic rings. The molecule has 2 heterocycles. The van der Waals surface area contributed by atoms with Crippen LogP contribution in [0.3, 0.4) is 0 Å². The fraction of sp³-hybridized carbons (Fsp3) is 0.118. The molecule has 2 aromatic heterocycles. The molecule has 0 saturated carbocycles. The Bertz CT molecular complexity index is 1180. The highest BCUT2D eigenvalue weighted by Gasteiger charge is 2.18. The van der Waals surface area contributed by atoms with Crippen molar-refractivity contribution in [3.8, 4) is 11.5 Å². The SMILES string of the molecule is COc1cc2[nH]c3c4cc(Br)cc(Br)c4oc(=O)c3c2cc1OC. The van der Waals surface area contributed by atoms with Gasteiger partial charge in [-0.15, -0.1) is 0 Å². The molecule has 0 saturated heterocycles. The predicted molar refractivity (Wildman–Crippen MR) is 100 cm³/mol. The number of nitrogens with one attached hydrogen (secondary N) is 1. The van der Waals surface area contributed by atoms with Crippen LogP contribution in [0.2, 0.25) is 0 Å². The van der Waals surface area contributed by atoms with E-state index in [2.05, 4.69) is 36.8 Å². The van der Waals surface area contributed by atoms with Gasteiger partial charge in [0.15, 0.2) is 17.1 Å². The normalized spacial score (nSPS) is 11.5. The third-order valence-electron chi connectivity index (χ3n) is 3.98. The monoisotopic (exact) mass is 451 g/mol. The van der Waals surface area contributed by atoms with E-state index in [-0.39, 0.29) is 0 Å². The van der Waals surface area contributed by atoms with Crippen LogP contribution in [-0.4, -0.2) is 19.2 Å². The van der Waals surface area contributed by atoms with E-state index in [0.717, 1.165) is 20.8 Å². The third-order valence-corrected chi connectivity index (χ3v) is 5.03. The van der Waals surface area contributed by atoms with Gasteiger partial charge in [-0.2, -0.15) is 0 Å². The minimum absolute atomic E-state index is 0.404. The minimum Gasteiger partial charge on any atom is -0.493 e. The number of fused-ring (bicyclic) bond motifs is 5. The molecule has 0 unspecified atom stereocenters. The molecule has 122 valence electrons. The quantitative estimate of drug-likeness (QED) is 0.436. The van der Waals surface area contributed by atoms with Crippen LogP contribution in [0.1, 0.15) is 0 Å². The van der Waals surface area contributed by atoms with Gasteiger partial charge in [0, 0.05) is 21.3 Å². The van der Waals surface area contributed by atoms with Crippen molar-refractivity contribution in [3.05, 3.63) is 43.6 Å². The van der Waals surface area contributed by atoms with Crippen LogP contribution in [0.15, 0.2) is 42.4 Å². The molecule has 0 aliphatic rings. The van der Waals surface area contributed by atoms with Crippen molar-refractivity contribution >= 4 is 64.6 Å². The molecular formula is C17H11Br2NO4. The van der Waals surface area contributed by atoms with Crippen LogP contribution in [0.4, 0.5) is 0 Å². The number of hydrogen-bond acceptors (Lipinski definition) is 4. The van der Waals surface area contributed by atoms with Crippen molar-refractivity contribution in [2.24, 2.45) is 0 Å². The number of aromatic amines is 1. The summed E-state index contributed by atoms with van der Waals surface area (Å²) in [7, 11) is 3.13. The molecule has 1 N–H and O–H groups in total. The highest BCUT2D eigenvalue weighted by molar-refractivity contribution is 9.11. The van der Waals surface area contributed by atoms with Crippen LogP contribution in [0.25, 0.3) is 32.8 Å². The number of rotatable bonds is 2. The van der Waals surface area contributed by atoms with E-state index in [1.165, 1.54) is 0 Å². The van der Waals surface area contributed by atoms with E-state index in [1.54, 1.807) is 20.3 Å². The zero-order chi connectivity index (χ0) is 17.0. The summed E-state index contributed by atoms with van der Waals surface area (Å²) in [5.41, 5.74) is 1.59. The minimum atomic E-state index is -0.404. The van der Waals surface area contributed by atoms with E-state index in [4.69, 9.17) is 13.9 Å². The maximum absolute atomic E-state index is 12.6. The van der Waals surface area contributed by atoms with E-state index in [1.807, 2.05) is 18.2 Å². The Balaban J connectivity index is 2.25. The average Bonchev–Trinajstić information content (AvgIpc) is 2.94. The molecule has 0 radical (unpaired) electrons. The highest BCUT2D eigenvalue weighted by atomic mass is 79.9. The molecule has 5 nitrogen and oxygen atoms in total. The molecule has 0 atom stereocenters. The van der Waals surface area contributed by atoms with Gasteiger partial charge >= 0.3 is 5.63 Å². The van der Waals surface area contributed by atoms with Gasteiger partial charge in [0.05, 0.1) is 35.1 Å². The molecule has 0 fully saturated rings. The van der Waals surface area contributed by atoms with Gasteiger partial charge in [-0.3, -0.25) is 0 Å². The topological polar surface area (TPSA) is 64.5 Å². The van der Waals surface area contributed by atoms with Crippen molar-refractivity contribution in [2.75, 3.05) is 14.2 Å². The van der Waals surface area contributed by atoms with Crippen molar-refractivity contribution in [2.45, 2.75) is 0 Å². The van der Waals surface area contributed by atoms with E-state index in [9.17, 15) is 4.79 Å². The Morgan fingerprint density at radius 3 is 2.42 bits per heavy atom. The second kappa shape index (κ2) is 5.53. The number of benzene rings is 2. The van der Waals surface area contributed by atoms with Gasteiger partial charge in [-0.05, 0) is 34.1 Å². The summed E-state index contributed by atoms with van der Waals surface area (Å²) >= 11 is 6.91. The van der Waals surface area contributed by atoms with E-state index in [0.29, 0.717) is 32.5 Å². The van der Waals surface area contributed by atoms with Gasteiger partial charge in [0.1, 0.15) is 0 Å². The van der Waals surface area contributed by atoms with E-state index >= 15 is 0 Å². The number of halogens is 2. The molecule has 0 aliphatic heterocycles. The zero-order valence-electron chi connectivity index (χ0n) is 12.7. The van der Waals surface area contributed by atoms with Gasteiger partial charge in [-0.1, -0.05) is 15.9 Å². The first kappa shape index (κ1) is 15.5. The van der Waals surface area contributed by atoms with Gasteiger partial charge in [0.25, 0.3) is 0 Å². The first-order valence-electron chi connectivity index (χ1n) is 7.02. The number of ether oxygens (including phenoxy) is 2. The van der Waals surface area contributed by atoms with E-state index < -0.39 is 5.63 Å². The summed E-state index contributed by atoms with van der Waals surface area (Å²) < 4.78 is 17.8. The smallest absolute Gasteiger partial charge is 0.346 e.